The van der Waals surface area contributed by atoms with Crippen LogP contribution in [-0.4, -0.2) is 158 Å². The highest BCUT2D eigenvalue weighted by molar-refractivity contribution is 5.89. The molecule has 0 spiro atoms. The summed E-state index contributed by atoms with van der Waals surface area (Å²) >= 11 is 0. The minimum absolute atomic E-state index is 0.0830. The van der Waals surface area contributed by atoms with Crippen molar-refractivity contribution >= 4 is 17.7 Å². The Bertz CT molecular complexity index is 1920. The lowest BCUT2D eigenvalue weighted by Crippen LogP contribution is -2.73. The van der Waals surface area contributed by atoms with E-state index < -0.39 is 126 Å². The fourth-order valence-corrected chi connectivity index (χ4v) is 14.2. The van der Waals surface area contributed by atoms with Crippen molar-refractivity contribution in [2.45, 2.75) is 210 Å². The standard InChI is InChI=1S/C51H76O17/c1-25(52)33-19-21-51(57)34-17-16-31-22-32(18-20-49(31,6)39(34)44(46(50(33,51)7)64-29(5)53)67-47(56)30-14-12-11-13-15-30)65-37-23-35(58-8)42(27(3)61-37)66-38-24-36(59-9)43(28(4)62-38)68-48-41(55)45(60-10)40(54)26(2)63-48/h11-15,26-28,31-46,48,54-55,57H,16-24H2,1-10H3/t26-,27-,28-,31-,32+,33-,34-,35+,36-,37+,38+,39-,40-,41-,42-,43-,44+,45-,46-,48+,49+,50+,51+/m1/s1. The van der Waals surface area contributed by atoms with Gasteiger partial charge in [0, 0.05) is 58.3 Å². The molecule has 3 N–H and O–H groups in total. The number of carbonyl (C=O) groups is 3. The van der Waals surface area contributed by atoms with E-state index in [9.17, 15) is 29.7 Å². The molecule has 3 saturated heterocycles. The molecule has 7 fully saturated rings. The number of esters is 2. The summed E-state index contributed by atoms with van der Waals surface area (Å²) in [6.07, 6.45) is -6.17. The van der Waals surface area contributed by atoms with Gasteiger partial charge in [-0.1, -0.05) is 32.0 Å². The third-order valence-electron chi connectivity index (χ3n) is 17.7. The van der Waals surface area contributed by atoms with Crippen LogP contribution in [0.3, 0.4) is 0 Å². The molecule has 17 heteroatoms. The van der Waals surface area contributed by atoms with Crippen molar-refractivity contribution in [1.29, 1.82) is 0 Å². The van der Waals surface area contributed by atoms with Crippen LogP contribution in [0.4, 0.5) is 0 Å². The molecule has 3 heterocycles. The topological polar surface area (TPSA) is 213 Å². The van der Waals surface area contributed by atoms with E-state index in [2.05, 4.69) is 6.92 Å². The Morgan fingerprint density at radius 1 is 0.676 bits per heavy atom. The van der Waals surface area contributed by atoms with Gasteiger partial charge in [-0.3, -0.25) is 9.59 Å². The normalized spacial score (nSPS) is 48.1. The lowest BCUT2D eigenvalue weighted by atomic mass is 9.41. The Hall–Kier alpha value is -2.65. The molecule has 382 valence electrons. The van der Waals surface area contributed by atoms with Crippen molar-refractivity contribution in [3.63, 3.8) is 0 Å². The maximum absolute atomic E-state index is 14.0. The summed E-state index contributed by atoms with van der Waals surface area (Å²) in [5, 5.41) is 34.4. The fourth-order valence-electron chi connectivity index (χ4n) is 14.2. The summed E-state index contributed by atoms with van der Waals surface area (Å²) < 4.78 is 68.5. The van der Waals surface area contributed by atoms with Crippen LogP contribution in [0.1, 0.15) is 117 Å². The zero-order chi connectivity index (χ0) is 49.0. The molecule has 0 amide bonds. The highest BCUT2D eigenvalue weighted by Gasteiger charge is 2.76. The smallest absolute Gasteiger partial charge is 0.338 e. The van der Waals surface area contributed by atoms with E-state index >= 15 is 0 Å². The van der Waals surface area contributed by atoms with Crippen molar-refractivity contribution in [3.8, 4) is 0 Å². The van der Waals surface area contributed by atoms with Crippen molar-refractivity contribution in [2.75, 3.05) is 21.3 Å². The van der Waals surface area contributed by atoms with Gasteiger partial charge in [-0.05, 0) is 102 Å². The van der Waals surface area contributed by atoms with Crippen LogP contribution in [0.2, 0.25) is 0 Å². The molecule has 8 rings (SSSR count). The average molecular weight is 961 g/mol. The van der Waals surface area contributed by atoms with Crippen molar-refractivity contribution in [1.82, 2.24) is 0 Å². The summed E-state index contributed by atoms with van der Waals surface area (Å²) in [6, 6.07) is 8.76. The molecular weight excluding hydrogens is 885 g/mol. The highest BCUT2D eigenvalue weighted by atomic mass is 16.8. The van der Waals surface area contributed by atoms with E-state index in [1.54, 1.807) is 45.4 Å². The number of benzene rings is 1. The molecule has 3 aliphatic heterocycles. The Morgan fingerprint density at radius 3 is 1.91 bits per heavy atom. The third kappa shape index (κ3) is 9.23. The summed E-state index contributed by atoms with van der Waals surface area (Å²) in [5.41, 5.74) is -2.59. The van der Waals surface area contributed by atoms with Crippen molar-refractivity contribution in [2.24, 2.45) is 34.5 Å². The molecule has 68 heavy (non-hydrogen) atoms. The fraction of sp³-hybridized carbons (Fsp3) is 0.824. The van der Waals surface area contributed by atoms with Crippen LogP contribution in [0.5, 0.6) is 0 Å². The predicted octanol–water partition coefficient (Wildman–Crippen LogP) is 4.66. The van der Waals surface area contributed by atoms with Gasteiger partial charge in [-0.15, -0.1) is 0 Å². The number of Topliss-reactive ketones (excluding diaryl/α,β-unsaturated/α-hetero) is 1. The Morgan fingerprint density at radius 2 is 1.31 bits per heavy atom. The van der Waals surface area contributed by atoms with E-state index in [0.29, 0.717) is 56.9 Å². The maximum Gasteiger partial charge on any atom is 0.338 e. The van der Waals surface area contributed by atoms with Crippen LogP contribution in [0, 0.1) is 34.5 Å². The van der Waals surface area contributed by atoms with Gasteiger partial charge in [0.2, 0.25) is 0 Å². The van der Waals surface area contributed by atoms with Gasteiger partial charge in [0.1, 0.15) is 48.5 Å². The molecule has 0 unspecified atom stereocenters. The number of ether oxygens (including phenoxy) is 11. The van der Waals surface area contributed by atoms with E-state index in [4.69, 9.17) is 52.1 Å². The van der Waals surface area contributed by atoms with Crippen LogP contribution in [0.15, 0.2) is 30.3 Å². The molecule has 4 saturated carbocycles. The largest absolute Gasteiger partial charge is 0.458 e. The van der Waals surface area contributed by atoms with Gasteiger partial charge in [-0.2, -0.15) is 0 Å². The molecule has 4 aliphatic carbocycles. The third-order valence-corrected chi connectivity index (χ3v) is 17.7. The second-order valence-corrected chi connectivity index (χ2v) is 21.3. The summed E-state index contributed by atoms with van der Waals surface area (Å²) in [7, 11) is 4.64. The number of aliphatic hydroxyl groups is 3. The van der Waals surface area contributed by atoms with Gasteiger partial charge in [-0.25, -0.2) is 4.79 Å². The molecular formula is C51H76O17. The Balaban J connectivity index is 0.942. The number of fused-ring (bicyclic) bond motifs is 5. The van der Waals surface area contributed by atoms with Crippen LogP contribution in [-0.2, 0) is 61.7 Å². The number of ketones is 1. The van der Waals surface area contributed by atoms with E-state index in [1.165, 1.54) is 21.0 Å². The first-order valence-corrected chi connectivity index (χ1v) is 24.8. The van der Waals surface area contributed by atoms with Crippen molar-refractivity contribution in [3.05, 3.63) is 35.9 Å². The number of rotatable bonds is 13. The quantitative estimate of drug-likeness (QED) is 0.181. The maximum atomic E-state index is 14.0. The van der Waals surface area contributed by atoms with Gasteiger partial charge in [0.15, 0.2) is 18.9 Å². The lowest BCUT2D eigenvalue weighted by molar-refractivity contribution is -0.352. The predicted molar refractivity (Wildman–Crippen MR) is 241 cm³/mol. The number of hydrogen-bond acceptors (Lipinski definition) is 17. The number of methoxy groups -OCH3 is 3. The summed E-state index contributed by atoms with van der Waals surface area (Å²) in [4.78, 5) is 40.4. The van der Waals surface area contributed by atoms with Gasteiger partial charge < -0.3 is 67.4 Å². The summed E-state index contributed by atoms with van der Waals surface area (Å²) in [5.74, 6) is -2.34. The number of hydrogen-bond donors (Lipinski definition) is 3. The van der Waals surface area contributed by atoms with E-state index in [0.717, 1.165) is 6.42 Å². The van der Waals surface area contributed by atoms with Crippen LogP contribution in [0.25, 0.3) is 0 Å². The second-order valence-electron chi connectivity index (χ2n) is 21.3. The number of aliphatic hydroxyl groups excluding tert-OH is 2. The van der Waals surface area contributed by atoms with Crippen molar-refractivity contribution < 1.29 is 81.8 Å². The summed E-state index contributed by atoms with van der Waals surface area (Å²) in [6.45, 7) is 12.4. The molecule has 7 aliphatic rings. The van der Waals surface area contributed by atoms with Gasteiger partial charge in [0.25, 0.3) is 0 Å². The lowest BCUT2D eigenvalue weighted by Gasteiger charge is -2.66. The first kappa shape index (κ1) is 51.7. The second kappa shape index (κ2) is 20.5. The SMILES string of the molecule is CO[C@H]1[C@@H](O)[C@H](O[C@@H]2[C@@H](C)O[C@@H](O[C@H]3[C@@H](OC)C[C@H](O[C@H]4CC[C@@]5(C)[C@H](CC[C@@H]6[C@@H]5[C@H](OC(=O)c5ccccc5)[C@@H](OC(C)=O)[C@]5(C)[C@@H](C(C)=O)CC[C@]65O)C4)O[C@@H]3C)C[C@H]2OC)O[C@H](C)[C@H]1O. The van der Waals surface area contributed by atoms with Crippen LogP contribution < -0.4 is 0 Å². The molecule has 1 aromatic carbocycles. The average Bonchev–Trinajstić information content (AvgIpc) is 3.59. The highest BCUT2D eigenvalue weighted by Crippen LogP contribution is 2.70. The molecule has 0 aromatic heterocycles. The van der Waals surface area contributed by atoms with Gasteiger partial charge in [0.05, 0.1) is 47.8 Å². The monoisotopic (exact) mass is 961 g/mol. The molecule has 0 bridgehead atoms. The Kier molecular flexibility index (Phi) is 15.6. The first-order valence-electron chi connectivity index (χ1n) is 24.8. The minimum atomic E-state index is -1.34. The molecule has 23 atom stereocenters. The zero-order valence-corrected chi connectivity index (χ0v) is 41.4. The minimum Gasteiger partial charge on any atom is -0.458 e. The molecule has 17 nitrogen and oxygen atoms in total. The number of carbonyl (C=O) groups excluding carboxylic acids is 3. The first-order chi connectivity index (χ1) is 32.3. The van der Waals surface area contributed by atoms with E-state index in [1.807, 2.05) is 26.8 Å². The molecule has 1 aromatic rings. The zero-order valence-electron chi connectivity index (χ0n) is 41.4. The van der Waals surface area contributed by atoms with Gasteiger partial charge >= 0.3 is 11.9 Å². The Labute approximate surface area is 400 Å². The molecule has 0 radical (unpaired) electrons. The van der Waals surface area contributed by atoms with E-state index in [-0.39, 0.29) is 29.6 Å². The van der Waals surface area contributed by atoms with Crippen LogP contribution >= 0.6 is 0 Å².